The number of aryl methyl sites for hydroxylation is 1. The van der Waals surface area contributed by atoms with Crippen LogP contribution in [0.25, 0.3) is 21.9 Å². The number of furan rings is 1. The summed E-state index contributed by atoms with van der Waals surface area (Å²) in [6.07, 6.45) is 3.49. The Bertz CT molecular complexity index is 655. The Kier molecular flexibility index (Phi) is 1.51. The van der Waals surface area contributed by atoms with E-state index in [1.165, 1.54) is 0 Å². The molecule has 0 unspecified atom stereocenters. The summed E-state index contributed by atoms with van der Waals surface area (Å²) in [5.74, 6) is 0. The van der Waals surface area contributed by atoms with E-state index in [0.29, 0.717) is 0 Å². The highest BCUT2D eigenvalue weighted by Gasteiger charge is 2.08. The minimum atomic E-state index is 0.763. The molecule has 0 amide bonds. The molecule has 0 radical (unpaired) electrons. The second kappa shape index (κ2) is 2.73. The van der Waals surface area contributed by atoms with Crippen LogP contribution in [0.15, 0.2) is 35.0 Å². The van der Waals surface area contributed by atoms with Gasteiger partial charge in [0.05, 0.1) is 6.20 Å². The van der Waals surface area contributed by atoms with Gasteiger partial charge in [-0.3, -0.25) is 4.98 Å². The molecule has 0 aliphatic carbocycles. The zero-order chi connectivity index (χ0) is 10.4. The number of nitrogens with two attached hydrogens (primary N) is 1. The van der Waals surface area contributed by atoms with Gasteiger partial charge in [0.15, 0.2) is 5.58 Å². The van der Waals surface area contributed by atoms with Crippen LogP contribution in [0.1, 0.15) is 5.56 Å². The lowest BCUT2D eigenvalue weighted by molar-refractivity contribution is 0.664. The Morgan fingerprint density at radius 3 is 3.00 bits per heavy atom. The fourth-order valence-electron chi connectivity index (χ4n) is 1.93. The summed E-state index contributed by atoms with van der Waals surface area (Å²) in [7, 11) is 0. The van der Waals surface area contributed by atoms with Gasteiger partial charge in [0.25, 0.3) is 0 Å². The maximum absolute atomic E-state index is 5.82. The summed E-state index contributed by atoms with van der Waals surface area (Å²) in [5, 5.41) is 2.13. The zero-order valence-electron chi connectivity index (χ0n) is 8.32. The SMILES string of the molecule is Cc1cc(N)cc2c1oc1cnccc12. The van der Waals surface area contributed by atoms with Gasteiger partial charge in [-0.15, -0.1) is 0 Å². The number of aromatic nitrogens is 1. The summed E-state index contributed by atoms with van der Waals surface area (Å²) in [4.78, 5) is 4.04. The van der Waals surface area contributed by atoms with Crippen LogP contribution < -0.4 is 5.73 Å². The lowest BCUT2D eigenvalue weighted by Crippen LogP contribution is -1.85. The van der Waals surface area contributed by atoms with Crippen molar-refractivity contribution in [3.8, 4) is 0 Å². The van der Waals surface area contributed by atoms with Gasteiger partial charge in [0.1, 0.15) is 5.58 Å². The number of nitrogen functional groups attached to an aromatic ring is 1. The van der Waals surface area contributed by atoms with Gasteiger partial charge < -0.3 is 10.2 Å². The fourth-order valence-corrected chi connectivity index (χ4v) is 1.93. The first-order chi connectivity index (χ1) is 7.25. The Balaban J connectivity index is 2.61. The van der Waals surface area contributed by atoms with Crippen molar-refractivity contribution in [2.75, 3.05) is 5.73 Å². The monoisotopic (exact) mass is 198 g/mol. The van der Waals surface area contributed by atoms with E-state index >= 15 is 0 Å². The van der Waals surface area contributed by atoms with Gasteiger partial charge >= 0.3 is 0 Å². The van der Waals surface area contributed by atoms with Gasteiger partial charge in [0.2, 0.25) is 0 Å². The van der Waals surface area contributed by atoms with Crippen LogP contribution in [0, 0.1) is 6.92 Å². The minimum Gasteiger partial charge on any atom is -0.454 e. The first-order valence-corrected chi connectivity index (χ1v) is 4.78. The standard InChI is InChI=1S/C12H10N2O/c1-7-4-8(13)5-10-9-2-3-14-6-11(9)15-12(7)10/h2-6H,13H2,1H3. The Morgan fingerprint density at radius 1 is 1.27 bits per heavy atom. The number of nitrogens with zero attached hydrogens (tertiary/aromatic N) is 1. The third-order valence-corrected chi connectivity index (χ3v) is 2.58. The molecule has 3 aromatic rings. The molecule has 15 heavy (non-hydrogen) atoms. The van der Waals surface area contributed by atoms with Crippen LogP contribution in [0.3, 0.4) is 0 Å². The molecule has 0 bridgehead atoms. The van der Waals surface area contributed by atoms with E-state index in [2.05, 4.69) is 4.98 Å². The van der Waals surface area contributed by atoms with Gasteiger partial charge in [0, 0.05) is 22.7 Å². The van der Waals surface area contributed by atoms with Crippen molar-refractivity contribution in [1.82, 2.24) is 4.98 Å². The van der Waals surface area contributed by atoms with Crippen molar-refractivity contribution in [3.63, 3.8) is 0 Å². The molecule has 0 fully saturated rings. The quantitative estimate of drug-likeness (QED) is 0.565. The van der Waals surface area contributed by atoms with Gasteiger partial charge in [-0.2, -0.15) is 0 Å². The topological polar surface area (TPSA) is 52.0 Å². The summed E-state index contributed by atoms with van der Waals surface area (Å²) in [5.41, 5.74) is 9.34. The van der Waals surface area contributed by atoms with E-state index in [1.54, 1.807) is 12.4 Å². The number of hydrogen-bond donors (Lipinski definition) is 1. The van der Waals surface area contributed by atoms with Crippen LogP contribution >= 0.6 is 0 Å². The largest absolute Gasteiger partial charge is 0.454 e. The molecule has 0 atom stereocenters. The molecular weight excluding hydrogens is 188 g/mol. The smallest absolute Gasteiger partial charge is 0.153 e. The molecule has 74 valence electrons. The Morgan fingerprint density at radius 2 is 2.13 bits per heavy atom. The van der Waals surface area contributed by atoms with Gasteiger partial charge in [-0.25, -0.2) is 0 Å². The first kappa shape index (κ1) is 8.29. The normalized spacial score (nSPS) is 11.3. The predicted molar refractivity (Wildman–Crippen MR) is 60.7 cm³/mol. The highest BCUT2D eigenvalue weighted by atomic mass is 16.3. The number of hydrogen-bond acceptors (Lipinski definition) is 3. The van der Waals surface area contributed by atoms with Crippen LogP contribution in [0.4, 0.5) is 5.69 Å². The highest BCUT2D eigenvalue weighted by molar-refractivity contribution is 6.06. The first-order valence-electron chi connectivity index (χ1n) is 4.78. The number of rotatable bonds is 0. The molecule has 2 N–H and O–H groups in total. The molecule has 3 heteroatoms. The maximum Gasteiger partial charge on any atom is 0.153 e. The second-order valence-electron chi connectivity index (χ2n) is 3.69. The van der Waals surface area contributed by atoms with Crippen molar-refractivity contribution in [3.05, 3.63) is 36.2 Å². The maximum atomic E-state index is 5.82. The third-order valence-electron chi connectivity index (χ3n) is 2.58. The summed E-state index contributed by atoms with van der Waals surface area (Å²) in [6.45, 7) is 1.99. The molecule has 3 nitrogen and oxygen atoms in total. The predicted octanol–water partition coefficient (Wildman–Crippen LogP) is 2.87. The van der Waals surface area contributed by atoms with Crippen molar-refractivity contribution in [2.45, 2.75) is 6.92 Å². The number of fused-ring (bicyclic) bond motifs is 3. The highest BCUT2D eigenvalue weighted by Crippen LogP contribution is 2.31. The van der Waals surface area contributed by atoms with Crippen LogP contribution in [0.5, 0.6) is 0 Å². The van der Waals surface area contributed by atoms with E-state index < -0.39 is 0 Å². The third kappa shape index (κ3) is 1.09. The van der Waals surface area contributed by atoms with E-state index in [9.17, 15) is 0 Å². The van der Waals surface area contributed by atoms with E-state index in [0.717, 1.165) is 33.2 Å². The van der Waals surface area contributed by atoms with Crippen LogP contribution in [0.2, 0.25) is 0 Å². The molecular formula is C12H10N2O. The molecule has 0 saturated heterocycles. The fraction of sp³-hybridized carbons (Fsp3) is 0.0833. The lowest BCUT2D eigenvalue weighted by Gasteiger charge is -1.96. The van der Waals surface area contributed by atoms with Crippen molar-refractivity contribution in [2.24, 2.45) is 0 Å². The van der Waals surface area contributed by atoms with Crippen LogP contribution in [-0.4, -0.2) is 4.98 Å². The van der Waals surface area contributed by atoms with Crippen LogP contribution in [-0.2, 0) is 0 Å². The number of benzene rings is 1. The molecule has 1 aromatic carbocycles. The summed E-state index contributed by atoms with van der Waals surface area (Å²) < 4.78 is 5.72. The molecule has 0 aliphatic heterocycles. The average Bonchev–Trinajstić information content (AvgIpc) is 2.57. The van der Waals surface area contributed by atoms with Crippen molar-refractivity contribution < 1.29 is 4.42 Å². The number of anilines is 1. The summed E-state index contributed by atoms with van der Waals surface area (Å²) >= 11 is 0. The average molecular weight is 198 g/mol. The molecule has 3 rings (SSSR count). The molecule has 0 spiro atoms. The van der Waals surface area contributed by atoms with E-state index in [4.69, 9.17) is 10.2 Å². The van der Waals surface area contributed by atoms with Gasteiger partial charge in [-0.05, 0) is 30.7 Å². The second-order valence-corrected chi connectivity index (χ2v) is 3.69. The lowest BCUT2D eigenvalue weighted by atomic mass is 10.1. The van der Waals surface area contributed by atoms with Crippen molar-refractivity contribution >= 4 is 27.6 Å². The molecule has 2 aromatic heterocycles. The minimum absolute atomic E-state index is 0.763. The number of pyridine rings is 1. The van der Waals surface area contributed by atoms with Gasteiger partial charge in [-0.1, -0.05) is 0 Å². The molecule has 0 saturated carbocycles. The molecule has 0 aliphatic rings. The summed E-state index contributed by atoms with van der Waals surface area (Å²) in [6, 6.07) is 5.80. The van der Waals surface area contributed by atoms with E-state index in [-0.39, 0.29) is 0 Å². The van der Waals surface area contributed by atoms with E-state index in [1.807, 2.05) is 25.1 Å². The Labute approximate surface area is 86.5 Å². The van der Waals surface area contributed by atoms with Crippen molar-refractivity contribution in [1.29, 1.82) is 0 Å². The molecule has 2 heterocycles. The Hall–Kier alpha value is -2.03. The zero-order valence-corrected chi connectivity index (χ0v) is 8.32.